The van der Waals surface area contributed by atoms with Crippen molar-refractivity contribution in [2.24, 2.45) is 0 Å². The van der Waals surface area contributed by atoms with Crippen molar-refractivity contribution in [3.05, 3.63) is 71.3 Å². The Morgan fingerprint density at radius 1 is 1.00 bits per heavy atom. The van der Waals surface area contributed by atoms with E-state index in [0.717, 1.165) is 13.0 Å². The first-order chi connectivity index (χ1) is 11.7. The third-order valence-corrected chi connectivity index (χ3v) is 4.98. The van der Waals surface area contributed by atoms with E-state index in [1.165, 1.54) is 42.6 Å². The lowest BCUT2D eigenvalue weighted by Crippen LogP contribution is -2.45. The first-order valence-electron chi connectivity index (χ1n) is 9.27. The van der Waals surface area contributed by atoms with Crippen molar-refractivity contribution in [3.63, 3.8) is 0 Å². The highest BCUT2D eigenvalue weighted by molar-refractivity contribution is 5.23. The summed E-state index contributed by atoms with van der Waals surface area (Å²) in [6.45, 7) is 7.97. The number of piperidine rings is 1. The normalized spacial score (nSPS) is 17.8. The number of aryl methyl sites for hydroxylation is 1. The lowest BCUT2D eigenvalue weighted by atomic mass is 10.0. The zero-order valence-electron chi connectivity index (χ0n) is 15.0. The molecule has 1 atom stereocenters. The summed E-state index contributed by atoms with van der Waals surface area (Å²) in [5.41, 5.74) is 4.22. The van der Waals surface area contributed by atoms with Crippen LogP contribution in [0.3, 0.4) is 0 Å². The molecule has 24 heavy (non-hydrogen) atoms. The first-order valence-corrected chi connectivity index (χ1v) is 9.27. The molecule has 0 spiro atoms. The van der Waals surface area contributed by atoms with Gasteiger partial charge >= 0.3 is 0 Å². The number of benzene rings is 2. The summed E-state index contributed by atoms with van der Waals surface area (Å²) in [4.78, 5) is 2.58. The van der Waals surface area contributed by atoms with Crippen LogP contribution in [0.2, 0.25) is 0 Å². The predicted molar refractivity (Wildman–Crippen MR) is 102 cm³/mol. The highest BCUT2D eigenvalue weighted by atomic mass is 15.1. The monoisotopic (exact) mass is 322 g/mol. The third-order valence-electron chi connectivity index (χ3n) is 4.98. The van der Waals surface area contributed by atoms with Crippen molar-refractivity contribution in [1.82, 2.24) is 10.2 Å². The van der Waals surface area contributed by atoms with E-state index in [-0.39, 0.29) is 0 Å². The highest BCUT2D eigenvalue weighted by Gasteiger charge is 2.20. The fraction of sp³-hybridized carbons (Fsp3) is 0.455. The van der Waals surface area contributed by atoms with Gasteiger partial charge in [-0.3, -0.25) is 4.90 Å². The molecule has 128 valence electrons. The predicted octanol–water partition coefficient (Wildman–Crippen LogP) is 4.18. The first kappa shape index (κ1) is 17.2. The van der Waals surface area contributed by atoms with E-state index >= 15 is 0 Å². The Morgan fingerprint density at radius 3 is 2.42 bits per heavy atom. The van der Waals surface area contributed by atoms with Crippen LogP contribution in [0.1, 0.15) is 36.5 Å². The maximum Gasteiger partial charge on any atom is 0.0233 e. The van der Waals surface area contributed by atoms with Crippen molar-refractivity contribution >= 4 is 0 Å². The molecule has 1 heterocycles. The van der Waals surface area contributed by atoms with E-state index in [9.17, 15) is 0 Å². The van der Waals surface area contributed by atoms with Gasteiger partial charge in [0, 0.05) is 18.6 Å². The average Bonchev–Trinajstić information content (AvgIpc) is 2.57. The Hall–Kier alpha value is -1.64. The van der Waals surface area contributed by atoms with Gasteiger partial charge in [-0.05, 0) is 57.3 Å². The van der Waals surface area contributed by atoms with Gasteiger partial charge in [0.2, 0.25) is 0 Å². The Balaban J connectivity index is 1.42. The van der Waals surface area contributed by atoms with Crippen molar-refractivity contribution in [3.8, 4) is 0 Å². The van der Waals surface area contributed by atoms with Gasteiger partial charge in [0.25, 0.3) is 0 Å². The standard InChI is InChI=1S/C22H30N2/c1-18-7-6-10-21(15-18)16-19(2)23-22-11-13-24(14-12-22)17-20-8-4-3-5-9-20/h3-10,15,19,22-23H,11-14,16-17H2,1-2H3. The molecule has 0 amide bonds. The topological polar surface area (TPSA) is 15.3 Å². The molecule has 0 aliphatic carbocycles. The van der Waals surface area contributed by atoms with Crippen LogP contribution in [-0.2, 0) is 13.0 Å². The highest BCUT2D eigenvalue weighted by Crippen LogP contribution is 2.15. The van der Waals surface area contributed by atoms with Crippen LogP contribution in [0.25, 0.3) is 0 Å². The molecule has 0 aromatic heterocycles. The number of hydrogen-bond donors (Lipinski definition) is 1. The SMILES string of the molecule is Cc1cccc(CC(C)NC2CCN(Cc3ccccc3)CC2)c1. The van der Waals surface area contributed by atoms with Gasteiger partial charge in [-0.25, -0.2) is 0 Å². The number of likely N-dealkylation sites (tertiary alicyclic amines) is 1. The van der Waals surface area contributed by atoms with Crippen molar-refractivity contribution in [2.45, 2.75) is 51.7 Å². The fourth-order valence-electron chi connectivity index (χ4n) is 3.75. The number of rotatable bonds is 6. The van der Waals surface area contributed by atoms with Crippen LogP contribution in [0, 0.1) is 6.92 Å². The Bertz CT molecular complexity index is 615. The maximum absolute atomic E-state index is 3.84. The molecule has 1 unspecified atom stereocenters. The molecule has 1 N–H and O–H groups in total. The second-order valence-electron chi connectivity index (χ2n) is 7.30. The van der Waals surface area contributed by atoms with E-state index in [1.54, 1.807) is 0 Å². The Kier molecular flexibility index (Phi) is 6.06. The second-order valence-corrected chi connectivity index (χ2v) is 7.30. The van der Waals surface area contributed by atoms with Crippen LogP contribution in [0.4, 0.5) is 0 Å². The molecule has 2 nitrogen and oxygen atoms in total. The zero-order chi connectivity index (χ0) is 16.8. The Morgan fingerprint density at radius 2 is 1.71 bits per heavy atom. The average molecular weight is 322 g/mol. The molecule has 2 heteroatoms. The number of nitrogens with zero attached hydrogens (tertiary/aromatic N) is 1. The van der Waals surface area contributed by atoms with Crippen LogP contribution in [0.15, 0.2) is 54.6 Å². The van der Waals surface area contributed by atoms with E-state index in [2.05, 4.69) is 78.7 Å². The van der Waals surface area contributed by atoms with Gasteiger partial charge in [-0.15, -0.1) is 0 Å². The molecule has 0 radical (unpaired) electrons. The molecule has 2 aromatic carbocycles. The zero-order valence-corrected chi connectivity index (χ0v) is 15.0. The minimum absolute atomic E-state index is 0.539. The van der Waals surface area contributed by atoms with E-state index in [4.69, 9.17) is 0 Å². The molecule has 2 aromatic rings. The molecular formula is C22H30N2. The number of nitrogens with one attached hydrogen (secondary N) is 1. The molecule has 1 aliphatic rings. The molecule has 0 saturated carbocycles. The van der Waals surface area contributed by atoms with Crippen LogP contribution in [-0.4, -0.2) is 30.1 Å². The smallest absolute Gasteiger partial charge is 0.0233 e. The van der Waals surface area contributed by atoms with Crippen molar-refractivity contribution < 1.29 is 0 Å². The van der Waals surface area contributed by atoms with Gasteiger partial charge in [-0.1, -0.05) is 60.2 Å². The molecule has 1 fully saturated rings. The molecule has 1 saturated heterocycles. The molecule has 0 bridgehead atoms. The van der Waals surface area contributed by atoms with Crippen LogP contribution < -0.4 is 5.32 Å². The lowest BCUT2D eigenvalue weighted by Gasteiger charge is -2.34. The van der Waals surface area contributed by atoms with E-state index in [0.29, 0.717) is 12.1 Å². The van der Waals surface area contributed by atoms with Crippen LogP contribution >= 0.6 is 0 Å². The Labute approximate surface area is 146 Å². The third kappa shape index (κ3) is 5.19. The quantitative estimate of drug-likeness (QED) is 0.858. The summed E-state index contributed by atoms with van der Waals surface area (Å²) in [6.07, 6.45) is 3.63. The van der Waals surface area contributed by atoms with Gasteiger partial charge in [0.05, 0.1) is 0 Å². The van der Waals surface area contributed by atoms with Gasteiger partial charge < -0.3 is 5.32 Å². The van der Waals surface area contributed by atoms with Crippen LogP contribution in [0.5, 0.6) is 0 Å². The summed E-state index contributed by atoms with van der Waals surface area (Å²) in [5, 5.41) is 3.84. The molecule has 3 rings (SSSR count). The largest absolute Gasteiger partial charge is 0.311 e. The number of hydrogen-bond acceptors (Lipinski definition) is 2. The van der Waals surface area contributed by atoms with Gasteiger partial charge in [0.15, 0.2) is 0 Å². The molecular weight excluding hydrogens is 292 g/mol. The summed E-state index contributed by atoms with van der Waals surface area (Å²) in [7, 11) is 0. The van der Waals surface area contributed by atoms with Gasteiger partial charge in [-0.2, -0.15) is 0 Å². The summed E-state index contributed by atoms with van der Waals surface area (Å²) in [6, 6.07) is 20.9. The van der Waals surface area contributed by atoms with E-state index in [1.807, 2.05) is 0 Å². The maximum atomic E-state index is 3.84. The summed E-state index contributed by atoms with van der Waals surface area (Å²) >= 11 is 0. The molecule has 1 aliphatic heterocycles. The van der Waals surface area contributed by atoms with E-state index < -0.39 is 0 Å². The minimum atomic E-state index is 0.539. The summed E-state index contributed by atoms with van der Waals surface area (Å²) in [5.74, 6) is 0. The lowest BCUT2D eigenvalue weighted by molar-refractivity contribution is 0.185. The summed E-state index contributed by atoms with van der Waals surface area (Å²) < 4.78 is 0. The second kappa shape index (κ2) is 8.46. The minimum Gasteiger partial charge on any atom is -0.311 e. The van der Waals surface area contributed by atoms with Crippen molar-refractivity contribution in [2.75, 3.05) is 13.1 Å². The van der Waals surface area contributed by atoms with Gasteiger partial charge in [0.1, 0.15) is 0 Å². The fourth-order valence-corrected chi connectivity index (χ4v) is 3.75. The van der Waals surface area contributed by atoms with Crippen molar-refractivity contribution in [1.29, 1.82) is 0 Å².